The summed E-state index contributed by atoms with van der Waals surface area (Å²) < 4.78 is 6.36. The van der Waals surface area contributed by atoms with Crippen molar-refractivity contribution in [2.24, 2.45) is 0 Å². The Morgan fingerprint density at radius 3 is 2.29 bits per heavy atom. The maximum atomic E-state index is 5.29. The Kier molecular flexibility index (Phi) is 4.71. The van der Waals surface area contributed by atoms with Crippen molar-refractivity contribution in [2.45, 2.75) is 39.2 Å². The summed E-state index contributed by atoms with van der Waals surface area (Å²) in [7, 11) is 3.54. The molecule has 1 N–H and O–H groups in total. The van der Waals surface area contributed by atoms with Crippen molar-refractivity contribution in [1.82, 2.24) is 9.97 Å². The van der Waals surface area contributed by atoms with E-state index in [1.165, 1.54) is 0 Å². The van der Waals surface area contributed by atoms with Crippen molar-refractivity contribution in [3.63, 3.8) is 0 Å². The van der Waals surface area contributed by atoms with Crippen LogP contribution in [0.1, 0.15) is 45.3 Å². The monoisotopic (exact) mass is 349 g/mol. The van der Waals surface area contributed by atoms with Crippen LogP contribution in [0.2, 0.25) is 0 Å². The first-order valence-corrected chi connectivity index (χ1v) is 6.67. The summed E-state index contributed by atoms with van der Waals surface area (Å²) in [5.41, 5.74) is 1.05. The van der Waals surface area contributed by atoms with Gasteiger partial charge in [-0.15, -0.1) is 0 Å². The maximum absolute atomic E-state index is 5.29. The van der Waals surface area contributed by atoms with Crippen molar-refractivity contribution in [2.75, 3.05) is 19.5 Å². The molecule has 0 spiro atoms. The number of nitrogens with one attached hydrogen (secondary N) is 1. The van der Waals surface area contributed by atoms with Crippen LogP contribution in [0.3, 0.4) is 0 Å². The molecule has 0 aromatic carbocycles. The van der Waals surface area contributed by atoms with Gasteiger partial charge in [0, 0.05) is 19.6 Å². The topological polar surface area (TPSA) is 47.0 Å². The Bertz CT molecular complexity index is 401. The van der Waals surface area contributed by atoms with Crippen LogP contribution in [-0.4, -0.2) is 24.1 Å². The molecule has 0 aliphatic heterocycles. The first kappa shape index (κ1) is 14.6. The third-order valence-electron chi connectivity index (χ3n) is 2.53. The van der Waals surface area contributed by atoms with Crippen LogP contribution in [0, 0.1) is 3.57 Å². The molecule has 1 aromatic heterocycles. The van der Waals surface area contributed by atoms with Gasteiger partial charge in [0.1, 0.15) is 11.9 Å². The van der Waals surface area contributed by atoms with Crippen LogP contribution in [0.15, 0.2) is 0 Å². The van der Waals surface area contributed by atoms with Crippen LogP contribution >= 0.6 is 22.6 Å². The van der Waals surface area contributed by atoms with Gasteiger partial charge in [-0.05, 0) is 29.5 Å². The molecular weight excluding hydrogens is 329 g/mol. The average Bonchev–Trinajstić information content (AvgIpc) is 2.26. The highest BCUT2D eigenvalue weighted by Crippen LogP contribution is 2.30. The molecule has 1 aromatic rings. The van der Waals surface area contributed by atoms with Gasteiger partial charge in [0.2, 0.25) is 0 Å². The van der Waals surface area contributed by atoms with Gasteiger partial charge in [-0.25, -0.2) is 9.97 Å². The van der Waals surface area contributed by atoms with E-state index in [4.69, 9.17) is 4.74 Å². The fourth-order valence-corrected chi connectivity index (χ4v) is 2.73. The van der Waals surface area contributed by atoms with Crippen LogP contribution < -0.4 is 5.32 Å². The molecule has 5 heteroatoms. The number of hydrogen-bond acceptors (Lipinski definition) is 4. The van der Waals surface area contributed by atoms with E-state index in [-0.39, 0.29) is 11.5 Å². The smallest absolute Gasteiger partial charge is 0.159 e. The second-order valence-corrected chi connectivity index (χ2v) is 6.05. The maximum Gasteiger partial charge on any atom is 0.159 e. The van der Waals surface area contributed by atoms with Gasteiger partial charge in [0.15, 0.2) is 5.82 Å². The van der Waals surface area contributed by atoms with Crippen molar-refractivity contribution in [3.05, 3.63) is 15.1 Å². The van der Waals surface area contributed by atoms with E-state index in [2.05, 4.69) is 58.6 Å². The molecule has 0 amide bonds. The number of nitrogens with zero attached hydrogens (tertiary/aromatic N) is 2. The van der Waals surface area contributed by atoms with E-state index in [0.29, 0.717) is 0 Å². The van der Waals surface area contributed by atoms with Gasteiger partial charge in [-0.1, -0.05) is 20.8 Å². The Labute approximate surface area is 117 Å². The van der Waals surface area contributed by atoms with Crippen molar-refractivity contribution in [3.8, 4) is 0 Å². The predicted molar refractivity (Wildman–Crippen MR) is 78.4 cm³/mol. The number of ether oxygens (including phenoxy) is 1. The summed E-state index contributed by atoms with van der Waals surface area (Å²) in [6.07, 6.45) is -0.0970. The average molecular weight is 349 g/mol. The highest BCUT2D eigenvalue weighted by atomic mass is 127. The zero-order valence-electron chi connectivity index (χ0n) is 11.3. The molecule has 1 atom stereocenters. The minimum absolute atomic E-state index is 0.00667. The molecular formula is C12H20IN3O. The second-order valence-electron chi connectivity index (χ2n) is 4.97. The normalized spacial score (nSPS) is 13.6. The molecule has 96 valence electrons. The number of anilines is 1. The number of hydrogen-bond donors (Lipinski definition) is 1. The zero-order chi connectivity index (χ0) is 13.2. The van der Waals surface area contributed by atoms with Gasteiger partial charge in [0.05, 0.1) is 9.26 Å². The van der Waals surface area contributed by atoms with Crippen LogP contribution in [0.5, 0.6) is 0 Å². The Balaban J connectivity index is 3.39. The number of methoxy groups -OCH3 is 1. The Morgan fingerprint density at radius 1 is 1.29 bits per heavy atom. The molecule has 0 bridgehead atoms. The summed E-state index contributed by atoms with van der Waals surface area (Å²) >= 11 is 2.29. The van der Waals surface area contributed by atoms with Gasteiger partial charge in [0.25, 0.3) is 0 Å². The molecule has 0 saturated carbocycles. The van der Waals surface area contributed by atoms with Gasteiger partial charge in [-0.2, -0.15) is 0 Å². The van der Waals surface area contributed by atoms with E-state index in [1.807, 2.05) is 14.0 Å². The van der Waals surface area contributed by atoms with E-state index in [1.54, 1.807) is 7.11 Å². The number of rotatable bonds is 3. The minimum atomic E-state index is -0.0970. The van der Waals surface area contributed by atoms with E-state index in [0.717, 1.165) is 20.9 Å². The standard InChI is InChI=1S/C12H20IN3O/c1-7(17-6)10-15-9(12(2,3)4)8(13)11(14-5)16-10/h7H,1-6H3,(H,14,15,16). The molecule has 0 aliphatic carbocycles. The van der Waals surface area contributed by atoms with Crippen molar-refractivity contribution in [1.29, 1.82) is 0 Å². The molecule has 0 saturated heterocycles. The summed E-state index contributed by atoms with van der Waals surface area (Å²) in [4.78, 5) is 9.12. The minimum Gasteiger partial charge on any atom is -0.374 e. The van der Waals surface area contributed by atoms with E-state index >= 15 is 0 Å². The lowest BCUT2D eigenvalue weighted by Gasteiger charge is -2.22. The van der Waals surface area contributed by atoms with Crippen molar-refractivity contribution >= 4 is 28.4 Å². The third-order valence-corrected chi connectivity index (χ3v) is 3.55. The Hall–Kier alpha value is -0.430. The number of halogens is 1. The van der Waals surface area contributed by atoms with Crippen molar-refractivity contribution < 1.29 is 4.74 Å². The fourth-order valence-electron chi connectivity index (χ4n) is 1.41. The zero-order valence-corrected chi connectivity index (χ0v) is 13.4. The first-order valence-electron chi connectivity index (χ1n) is 5.59. The van der Waals surface area contributed by atoms with Crippen LogP contribution in [0.25, 0.3) is 0 Å². The van der Waals surface area contributed by atoms with Gasteiger partial charge >= 0.3 is 0 Å². The third kappa shape index (κ3) is 3.28. The second kappa shape index (κ2) is 5.48. The lowest BCUT2D eigenvalue weighted by Crippen LogP contribution is -2.20. The molecule has 4 nitrogen and oxygen atoms in total. The molecule has 1 heterocycles. The fraction of sp³-hybridized carbons (Fsp3) is 0.667. The lowest BCUT2D eigenvalue weighted by atomic mass is 9.92. The quantitative estimate of drug-likeness (QED) is 0.852. The Morgan fingerprint density at radius 2 is 1.88 bits per heavy atom. The highest BCUT2D eigenvalue weighted by Gasteiger charge is 2.24. The molecule has 17 heavy (non-hydrogen) atoms. The molecule has 0 radical (unpaired) electrons. The largest absolute Gasteiger partial charge is 0.374 e. The summed E-state index contributed by atoms with van der Waals surface area (Å²) in [5, 5.41) is 3.11. The SMILES string of the molecule is CNc1nc(C(C)OC)nc(C(C)(C)C)c1I. The first-order chi connectivity index (χ1) is 7.81. The predicted octanol–water partition coefficient (Wildman–Crippen LogP) is 3.13. The molecule has 0 fully saturated rings. The number of aromatic nitrogens is 2. The van der Waals surface area contributed by atoms with Crippen LogP contribution in [-0.2, 0) is 10.2 Å². The highest BCUT2D eigenvalue weighted by molar-refractivity contribution is 14.1. The summed E-state index contributed by atoms with van der Waals surface area (Å²) in [5.74, 6) is 1.59. The molecule has 1 rings (SSSR count). The van der Waals surface area contributed by atoms with Gasteiger partial charge in [-0.3, -0.25) is 0 Å². The molecule has 0 aliphatic rings. The van der Waals surface area contributed by atoms with E-state index < -0.39 is 0 Å². The van der Waals surface area contributed by atoms with E-state index in [9.17, 15) is 0 Å². The molecule has 1 unspecified atom stereocenters. The summed E-state index contributed by atoms with van der Waals surface area (Å²) in [6.45, 7) is 8.41. The lowest BCUT2D eigenvalue weighted by molar-refractivity contribution is 0.111. The van der Waals surface area contributed by atoms with Gasteiger partial charge < -0.3 is 10.1 Å². The summed E-state index contributed by atoms with van der Waals surface area (Å²) in [6, 6.07) is 0. The van der Waals surface area contributed by atoms with Crippen LogP contribution in [0.4, 0.5) is 5.82 Å².